The van der Waals surface area contributed by atoms with E-state index >= 15 is 0 Å². The summed E-state index contributed by atoms with van der Waals surface area (Å²) in [5.74, 6) is 0. The Morgan fingerprint density at radius 3 is 2.67 bits per heavy atom. The highest BCUT2D eigenvalue weighted by Crippen LogP contribution is 2.03. The Morgan fingerprint density at radius 2 is 2.08 bits per heavy atom. The van der Waals surface area contributed by atoms with Gasteiger partial charge in [-0.05, 0) is 11.1 Å². The number of hydrogen-bond acceptors (Lipinski definition) is 2. The molecule has 0 fully saturated rings. The molecule has 4 nitrogen and oxygen atoms in total. The smallest absolute Gasteiger partial charge is 0.137 e. The number of aliphatic hydroxyl groups excluding tert-OH is 1. The van der Waals surface area contributed by atoms with Crippen LogP contribution in [0, 0.1) is 0 Å². The molecule has 1 atom stereocenters. The highest BCUT2D eigenvalue weighted by molar-refractivity contribution is 5.15. The van der Waals surface area contributed by atoms with Gasteiger partial charge in [-0.2, -0.15) is 0 Å². The fourth-order valence-corrected chi connectivity index (χ4v) is 0.925. The van der Waals surface area contributed by atoms with Gasteiger partial charge in [-0.3, -0.25) is 0 Å². The number of azide groups is 1. The maximum Gasteiger partial charge on any atom is 0.137 e. The van der Waals surface area contributed by atoms with E-state index in [9.17, 15) is 0 Å². The maximum absolute atomic E-state index is 9.08. The van der Waals surface area contributed by atoms with Crippen LogP contribution in [0.1, 0.15) is 5.56 Å². The quantitative estimate of drug-likeness (QED) is 0.412. The van der Waals surface area contributed by atoms with E-state index in [4.69, 9.17) is 10.6 Å². The molecule has 0 spiro atoms. The van der Waals surface area contributed by atoms with Gasteiger partial charge >= 0.3 is 0 Å². The zero-order valence-corrected chi connectivity index (χ0v) is 6.46. The van der Waals surface area contributed by atoms with E-state index < -0.39 is 6.23 Å². The average molecular weight is 163 g/mol. The summed E-state index contributed by atoms with van der Waals surface area (Å²) in [4.78, 5) is 2.51. The van der Waals surface area contributed by atoms with E-state index in [-0.39, 0.29) is 0 Å². The summed E-state index contributed by atoms with van der Waals surface area (Å²) in [6.45, 7) is 0. The van der Waals surface area contributed by atoms with Crippen molar-refractivity contribution in [2.75, 3.05) is 0 Å². The standard InChI is InChI=1S/C8H9N3O/c9-11-10-8(12)6-7-4-2-1-3-5-7/h1-5,8,12H,6H2. The zero-order valence-electron chi connectivity index (χ0n) is 6.46. The Kier molecular flexibility index (Phi) is 3.14. The minimum Gasteiger partial charge on any atom is -0.387 e. The molecular formula is C8H9N3O. The van der Waals surface area contributed by atoms with Crippen molar-refractivity contribution >= 4 is 0 Å². The molecule has 0 aliphatic rings. The van der Waals surface area contributed by atoms with E-state index in [2.05, 4.69) is 10.0 Å². The maximum atomic E-state index is 9.08. The monoisotopic (exact) mass is 163 g/mol. The van der Waals surface area contributed by atoms with Crippen LogP contribution >= 0.6 is 0 Å². The summed E-state index contributed by atoms with van der Waals surface area (Å²) in [5, 5.41) is 12.2. The molecule has 1 aromatic carbocycles. The first-order valence-corrected chi connectivity index (χ1v) is 3.59. The summed E-state index contributed by atoms with van der Waals surface area (Å²) in [6, 6.07) is 9.38. The molecule has 0 aliphatic carbocycles. The summed E-state index contributed by atoms with van der Waals surface area (Å²) in [6.07, 6.45) is -0.595. The third-order valence-corrected chi connectivity index (χ3v) is 1.45. The summed E-state index contributed by atoms with van der Waals surface area (Å²) in [5.41, 5.74) is 8.97. The van der Waals surface area contributed by atoms with Gasteiger partial charge in [0.2, 0.25) is 0 Å². The Balaban J connectivity index is 2.58. The minimum absolute atomic E-state index is 0.366. The van der Waals surface area contributed by atoms with Gasteiger partial charge in [-0.25, -0.2) is 0 Å². The molecular weight excluding hydrogens is 154 g/mol. The van der Waals surface area contributed by atoms with Crippen LogP contribution in [-0.4, -0.2) is 11.3 Å². The van der Waals surface area contributed by atoms with E-state index in [1.807, 2.05) is 30.3 Å². The largest absolute Gasteiger partial charge is 0.387 e. The summed E-state index contributed by atoms with van der Waals surface area (Å²) in [7, 11) is 0. The first-order valence-electron chi connectivity index (χ1n) is 3.59. The highest BCUT2D eigenvalue weighted by Gasteiger charge is 2.00. The van der Waals surface area contributed by atoms with Gasteiger partial charge in [0.25, 0.3) is 0 Å². The van der Waals surface area contributed by atoms with Gasteiger partial charge in [0.05, 0.1) is 0 Å². The first-order chi connectivity index (χ1) is 5.83. The van der Waals surface area contributed by atoms with Crippen LogP contribution in [0.4, 0.5) is 0 Å². The van der Waals surface area contributed by atoms with Gasteiger partial charge in [0.15, 0.2) is 0 Å². The van der Waals surface area contributed by atoms with Gasteiger partial charge in [0.1, 0.15) is 6.23 Å². The Labute approximate surface area is 70.1 Å². The Hall–Kier alpha value is -1.51. The molecule has 0 amide bonds. The fraction of sp³-hybridized carbons (Fsp3) is 0.250. The lowest BCUT2D eigenvalue weighted by molar-refractivity contribution is 0.183. The molecule has 1 N–H and O–H groups in total. The van der Waals surface area contributed by atoms with Gasteiger partial charge in [-0.1, -0.05) is 35.4 Å². The highest BCUT2D eigenvalue weighted by atomic mass is 16.3. The normalized spacial score (nSPS) is 11.8. The van der Waals surface area contributed by atoms with Crippen molar-refractivity contribution in [3.05, 3.63) is 46.3 Å². The lowest BCUT2D eigenvalue weighted by Crippen LogP contribution is -2.04. The molecule has 0 aromatic heterocycles. The topological polar surface area (TPSA) is 69.0 Å². The molecule has 1 aromatic rings. The van der Waals surface area contributed by atoms with Crippen LogP contribution in [0.15, 0.2) is 35.4 Å². The van der Waals surface area contributed by atoms with Crippen molar-refractivity contribution in [3.8, 4) is 0 Å². The number of aliphatic hydroxyl groups is 1. The van der Waals surface area contributed by atoms with Gasteiger partial charge in [-0.15, -0.1) is 0 Å². The molecule has 0 radical (unpaired) electrons. The van der Waals surface area contributed by atoms with Crippen LogP contribution in [0.3, 0.4) is 0 Å². The SMILES string of the molecule is [N-]=[N+]=NC(O)Cc1ccccc1. The minimum atomic E-state index is -0.961. The van der Waals surface area contributed by atoms with Crippen LogP contribution < -0.4 is 0 Å². The number of hydrogen-bond donors (Lipinski definition) is 1. The van der Waals surface area contributed by atoms with E-state index in [0.29, 0.717) is 6.42 Å². The lowest BCUT2D eigenvalue weighted by Gasteiger charge is -2.02. The van der Waals surface area contributed by atoms with Crippen molar-refractivity contribution in [2.45, 2.75) is 12.6 Å². The van der Waals surface area contributed by atoms with Gasteiger partial charge < -0.3 is 5.11 Å². The summed E-state index contributed by atoms with van der Waals surface area (Å²) < 4.78 is 0. The average Bonchev–Trinajstić information content (AvgIpc) is 2.06. The van der Waals surface area contributed by atoms with Crippen molar-refractivity contribution < 1.29 is 5.11 Å². The molecule has 62 valence electrons. The van der Waals surface area contributed by atoms with Crippen LogP contribution in [0.25, 0.3) is 10.4 Å². The zero-order chi connectivity index (χ0) is 8.81. The number of rotatable bonds is 3. The molecule has 1 unspecified atom stereocenters. The fourth-order valence-electron chi connectivity index (χ4n) is 0.925. The van der Waals surface area contributed by atoms with E-state index in [1.165, 1.54) is 0 Å². The third-order valence-electron chi connectivity index (χ3n) is 1.45. The molecule has 0 bridgehead atoms. The molecule has 4 heteroatoms. The Bertz CT molecular complexity index is 280. The van der Waals surface area contributed by atoms with Crippen LogP contribution in [0.5, 0.6) is 0 Å². The Morgan fingerprint density at radius 1 is 1.42 bits per heavy atom. The molecule has 0 aliphatic heterocycles. The van der Waals surface area contributed by atoms with E-state index in [1.54, 1.807) is 0 Å². The molecule has 0 saturated carbocycles. The van der Waals surface area contributed by atoms with Crippen molar-refractivity contribution in [1.29, 1.82) is 0 Å². The van der Waals surface area contributed by atoms with Crippen LogP contribution in [0.2, 0.25) is 0 Å². The van der Waals surface area contributed by atoms with Crippen molar-refractivity contribution in [1.82, 2.24) is 0 Å². The number of benzene rings is 1. The molecule has 12 heavy (non-hydrogen) atoms. The second-order valence-corrected chi connectivity index (χ2v) is 2.38. The predicted molar refractivity (Wildman–Crippen MR) is 45.3 cm³/mol. The second-order valence-electron chi connectivity index (χ2n) is 2.38. The van der Waals surface area contributed by atoms with E-state index in [0.717, 1.165) is 5.56 Å². The molecule has 1 rings (SSSR count). The first kappa shape index (κ1) is 8.59. The van der Waals surface area contributed by atoms with Crippen molar-refractivity contribution in [3.63, 3.8) is 0 Å². The third kappa shape index (κ3) is 2.62. The second kappa shape index (κ2) is 4.38. The van der Waals surface area contributed by atoms with Gasteiger partial charge in [0, 0.05) is 11.3 Å². The lowest BCUT2D eigenvalue weighted by atomic mass is 10.1. The van der Waals surface area contributed by atoms with Crippen molar-refractivity contribution in [2.24, 2.45) is 5.11 Å². The molecule has 0 saturated heterocycles. The van der Waals surface area contributed by atoms with Crippen LogP contribution in [-0.2, 0) is 6.42 Å². The summed E-state index contributed by atoms with van der Waals surface area (Å²) >= 11 is 0. The molecule has 0 heterocycles. The number of nitrogens with zero attached hydrogens (tertiary/aromatic N) is 3. The predicted octanol–water partition coefficient (Wildman–Crippen LogP) is 1.86.